The summed E-state index contributed by atoms with van der Waals surface area (Å²) in [6, 6.07) is 0. The summed E-state index contributed by atoms with van der Waals surface area (Å²) >= 11 is 0. The van der Waals surface area contributed by atoms with E-state index in [-0.39, 0.29) is 30.3 Å². The lowest BCUT2D eigenvalue weighted by atomic mass is 10.0. The average molecular weight is 242 g/mol. The minimum absolute atomic E-state index is 0.0696. The minimum Gasteiger partial charge on any atom is -0.372 e. The van der Waals surface area contributed by atoms with Crippen molar-refractivity contribution in [3.05, 3.63) is 0 Å². The number of carbonyl (C=O) groups is 1. The molecule has 5 heteroatoms. The van der Waals surface area contributed by atoms with Crippen LogP contribution in [0, 0.1) is 0 Å². The zero-order valence-corrected chi connectivity index (χ0v) is 10.9. The second kappa shape index (κ2) is 4.92. The second-order valence-electron chi connectivity index (χ2n) is 5.40. The molecule has 0 spiro atoms. The number of morpholine rings is 1. The molecule has 2 rings (SSSR count). The predicted octanol–water partition coefficient (Wildman–Crippen LogP) is 0.000700. The summed E-state index contributed by atoms with van der Waals surface area (Å²) in [5, 5.41) is 3.15. The highest BCUT2D eigenvalue weighted by atomic mass is 16.5. The molecule has 2 heterocycles. The first-order valence-electron chi connectivity index (χ1n) is 6.26. The van der Waals surface area contributed by atoms with Crippen LogP contribution >= 0.6 is 0 Å². The molecule has 2 aliphatic rings. The molecule has 0 unspecified atom stereocenters. The molecule has 2 atom stereocenters. The van der Waals surface area contributed by atoms with Gasteiger partial charge in [0.15, 0.2) is 0 Å². The molecule has 0 radical (unpaired) electrons. The van der Waals surface area contributed by atoms with Gasteiger partial charge in [0, 0.05) is 26.2 Å². The van der Waals surface area contributed by atoms with Gasteiger partial charge in [0.2, 0.25) is 5.91 Å². The van der Waals surface area contributed by atoms with Gasteiger partial charge < -0.3 is 19.7 Å². The van der Waals surface area contributed by atoms with Crippen molar-refractivity contribution >= 4 is 5.91 Å². The van der Waals surface area contributed by atoms with Crippen molar-refractivity contribution < 1.29 is 14.3 Å². The highest BCUT2D eigenvalue weighted by Gasteiger charge is 2.34. The van der Waals surface area contributed by atoms with Gasteiger partial charge in [-0.1, -0.05) is 0 Å². The molecule has 0 bridgehead atoms. The number of hydrogen-bond donors (Lipinski definition) is 1. The SMILES string of the molecule is C[C@@H]1CN(C(=O)COC2(C)CNC2)C[C@H](C)O1. The van der Waals surface area contributed by atoms with E-state index in [1.165, 1.54) is 0 Å². The van der Waals surface area contributed by atoms with Crippen LogP contribution in [0.3, 0.4) is 0 Å². The Labute approximate surface area is 102 Å². The molecule has 2 fully saturated rings. The molecule has 5 nitrogen and oxygen atoms in total. The molecule has 0 saturated carbocycles. The maximum atomic E-state index is 12.0. The third-order valence-corrected chi connectivity index (χ3v) is 3.31. The molecule has 17 heavy (non-hydrogen) atoms. The lowest BCUT2D eigenvalue weighted by Gasteiger charge is -2.40. The van der Waals surface area contributed by atoms with Crippen LogP contribution < -0.4 is 5.32 Å². The fourth-order valence-electron chi connectivity index (χ4n) is 2.29. The van der Waals surface area contributed by atoms with E-state index in [0.29, 0.717) is 13.1 Å². The lowest BCUT2D eigenvalue weighted by molar-refractivity contribution is -0.156. The van der Waals surface area contributed by atoms with Crippen LogP contribution in [-0.2, 0) is 14.3 Å². The molecule has 0 aliphatic carbocycles. The third-order valence-electron chi connectivity index (χ3n) is 3.31. The second-order valence-corrected chi connectivity index (χ2v) is 5.40. The van der Waals surface area contributed by atoms with Crippen molar-refractivity contribution in [3.63, 3.8) is 0 Å². The Balaban J connectivity index is 1.78. The van der Waals surface area contributed by atoms with Crippen molar-refractivity contribution in [2.24, 2.45) is 0 Å². The summed E-state index contributed by atoms with van der Waals surface area (Å²) < 4.78 is 11.3. The Morgan fingerprint density at radius 3 is 2.47 bits per heavy atom. The monoisotopic (exact) mass is 242 g/mol. The van der Waals surface area contributed by atoms with Crippen LogP contribution in [-0.4, -0.2) is 61.4 Å². The summed E-state index contributed by atoms with van der Waals surface area (Å²) in [5.74, 6) is 0.0696. The van der Waals surface area contributed by atoms with Crippen LogP contribution in [0.15, 0.2) is 0 Å². The van der Waals surface area contributed by atoms with Crippen molar-refractivity contribution in [2.75, 3.05) is 32.8 Å². The zero-order chi connectivity index (χ0) is 12.5. The summed E-state index contributed by atoms with van der Waals surface area (Å²) in [6.45, 7) is 9.19. The zero-order valence-electron chi connectivity index (χ0n) is 10.9. The number of nitrogens with zero attached hydrogens (tertiary/aromatic N) is 1. The van der Waals surface area contributed by atoms with Crippen LogP contribution in [0.4, 0.5) is 0 Å². The maximum absolute atomic E-state index is 12.0. The van der Waals surface area contributed by atoms with E-state index >= 15 is 0 Å². The van der Waals surface area contributed by atoms with Gasteiger partial charge in [-0.25, -0.2) is 0 Å². The highest BCUT2D eigenvalue weighted by molar-refractivity contribution is 5.77. The molecule has 1 N–H and O–H groups in total. The van der Waals surface area contributed by atoms with Gasteiger partial charge in [0.05, 0.1) is 17.8 Å². The van der Waals surface area contributed by atoms with Gasteiger partial charge in [0.1, 0.15) is 6.61 Å². The molecular formula is C12H22N2O3. The van der Waals surface area contributed by atoms with Gasteiger partial charge >= 0.3 is 0 Å². The summed E-state index contributed by atoms with van der Waals surface area (Å²) in [6.07, 6.45) is 0.229. The van der Waals surface area contributed by atoms with Gasteiger partial charge in [-0.2, -0.15) is 0 Å². The molecule has 2 aliphatic heterocycles. The molecule has 0 aromatic rings. The van der Waals surface area contributed by atoms with E-state index < -0.39 is 0 Å². The van der Waals surface area contributed by atoms with Crippen molar-refractivity contribution in [2.45, 2.75) is 38.6 Å². The molecule has 98 valence electrons. The van der Waals surface area contributed by atoms with Gasteiger partial charge in [-0.15, -0.1) is 0 Å². The Kier molecular flexibility index (Phi) is 3.70. The number of ether oxygens (including phenoxy) is 2. The number of rotatable bonds is 3. The van der Waals surface area contributed by atoms with E-state index in [9.17, 15) is 4.79 Å². The Bertz CT molecular complexity index is 281. The number of amides is 1. The first-order valence-corrected chi connectivity index (χ1v) is 6.26. The van der Waals surface area contributed by atoms with Gasteiger partial charge in [-0.3, -0.25) is 4.79 Å². The van der Waals surface area contributed by atoms with Crippen LogP contribution in [0.25, 0.3) is 0 Å². The number of carbonyl (C=O) groups excluding carboxylic acids is 1. The molecule has 1 amide bonds. The standard InChI is InChI=1S/C12H22N2O3/c1-9-4-14(5-10(2)17-9)11(15)6-16-12(3)7-13-8-12/h9-10,13H,4-8H2,1-3H3/t9-,10+. The summed E-state index contributed by atoms with van der Waals surface area (Å²) in [7, 11) is 0. The van der Waals surface area contributed by atoms with E-state index in [0.717, 1.165) is 13.1 Å². The first kappa shape index (κ1) is 12.8. The van der Waals surface area contributed by atoms with Crippen LogP contribution in [0.5, 0.6) is 0 Å². The largest absolute Gasteiger partial charge is 0.372 e. The predicted molar refractivity (Wildman–Crippen MR) is 63.8 cm³/mol. The Morgan fingerprint density at radius 2 is 2.00 bits per heavy atom. The molecule has 2 saturated heterocycles. The quantitative estimate of drug-likeness (QED) is 0.757. The fourth-order valence-corrected chi connectivity index (χ4v) is 2.29. The van der Waals surface area contributed by atoms with Crippen LogP contribution in [0.1, 0.15) is 20.8 Å². The smallest absolute Gasteiger partial charge is 0.248 e. The number of nitrogens with one attached hydrogen (secondary N) is 1. The van der Waals surface area contributed by atoms with E-state index in [1.807, 2.05) is 25.7 Å². The average Bonchev–Trinajstić information content (AvgIpc) is 2.22. The fraction of sp³-hybridized carbons (Fsp3) is 0.917. The Hall–Kier alpha value is -0.650. The van der Waals surface area contributed by atoms with Gasteiger partial charge in [0.25, 0.3) is 0 Å². The summed E-state index contributed by atoms with van der Waals surface area (Å²) in [5.41, 5.74) is -0.154. The summed E-state index contributed by atoms with van der Waals surface area (Å²) in [4.78, 5) is 13.8. The Morgan fingerprint density at radius 1 is 1.41 bits per heavy atom. The van der Waals surface area contributed by atoms with E-state index in [4.69, 9.17) is 9.47 Å². The van der Waals surface area contributed by atoms with Crippen LogP contribution in [0.2, 0.25) is 0 Å². The molecule has 0 aromatic heterocycles. The normalized spacial score (nSPS) is 32.1. The number of hydrogen-bond acceptors (Lipinski definition) is 4. The maximum Gasteiger partial charge on any atom is 0.248 e. The molecular weight excluding hydrogens is 220 g/mol. The first-order chi connectivity index (χ1) is 7.98. The van der Waals surface area contributed by atoms with Crippen molar-refractivity contribution in [3.8, 4) is 0 Å². The minimum atomic E-state index is -0.154. The highest BCUT2D eigenvalue weighted by Crippen LogP contribution is 2.16. The van der Waals surface area contributed by atoms with E-state index in [2.05, 4.69) is 5.32 Å². The molecule has 0 aromatic carbocycles. The van der Waals surface area contributed by atoms with Gasteiger partial charge in [-0.05, 0) is 20.8 Å². The lowest BCUT2D eigenvalue weighted by Crippen LogP contribution is -2.60. The van der Waals surface area contributed by atoms with Crippen molar-refractivity contribution in [1.29, 1.82) is 0 Å². The third kappa shape index (κ3) is 3.18. The van der Waals surface area contributed by atoms with E-state index in [1.54, 1.807) is 0 Å². The van der Waals surface area contributed by atoms with Crippen molar-refractivity contribution in [1.82, 2.24) is 10.2 Å². The topological polar surface area (TPSA) is 50.8 Å².